The topological polar surface area (TPSA) is 84.7 Å². The highest BCUT2D eigenvalue weighted by Crippen LogP contribution is 2.26. The Morgan fingerprint density at radius 3 is 2.25 bits per heavy atom. The lowest BCUT2D eigenvalue weighted by molar-refractivity contribution is 0.0605. The van der Waals surface area contributed by atoms with Crippen molar-refractivity contribution in [3.63, 3.8) is 0 Å². The number of nitrogens with zero attached hydrogens (tertiary/aromatic N) is 1. The molecule has 1 saturated carbocycles. The van der Waals surface area contributed by atoms with Gasteiger partial charge in [0, 0.05) is 41.5 Å². The maximum Gasteiger partial charge on any atom is 0.255 e. The van der Waals surface area contributed by atoms with Gasteiger partial charge >= 0.3 is 0 Å². The number of halogens is 2. The lowest BCUT2D eigenvalue weighted by Gasteiger charge is -2.36. The van der Waals surface area contributed by atoms with Gasteiger partial charge in [0.15, 0.2) is 0 Å². The van der Waals surface area contributed by atoms with Crippen LogP contribution in [0, 0.1) is 11.6 Å². The van der Waals surface area contributed by atoms with Crippen molar-refractivity contribution in [2.75, 3.05) is 12.4 Å². The second kappa shape index (κ2) is 11.3. The van der Waals surface area contributed by atoms with Crippen molar-refractivity contribution in [2.24, 2.45) is 5.73 Å². The van der Waals surface area contributed by atoms with Crippen LogP contribution in [0.1, 0.15) is 52.0 Å². The van der Waals surface area contributed by atoms with E-state index in [1.54, 1.807) is 41.3 Å². The van der Waals surface area contributed by atoms with E-state index in [1.807, 2.05) is 12.1 Å². The van der Waals surface area contributed by atoms with Crippen molar-refractivity contribution in [3.8, 4) is 5.75 Å². The number of carbonyl (C=O) groups excluding carboxylic acids is 2. The van der Waals surface area contributed by atoms with Crippen LogP contribution in [0.25, 0.3) is 0 Å². The Morgan fingerprint density at radius 2 is 1.61 bits per heavy atom. The van der Waals surface area contributed by atoms with E-state index < -0.39 is 17.5 Å². The Kier molecular flexibility index (Phi) is 7.95. The van der Waals surface area contributed by atoms with Crippen molar-refractivity contribution in [2.45, 2.75) is 44.3 Å². The zero-order chi connectivity index (χ0) is 25.7. The fourth-order valence-electron chi connectivity index (χ4n) is 4.48. The van der Waals surface area contributed by atoms with E-state index in [2.05, 4.69) is 5.32 Å². The average Bonchev–Trinajstić information content (AvgIpc) is 2.88. The molecule has 8 heteroatoms. The normalized spacial score (nSPS) is 17.3. The van der Waals surface area contributed by atoms with E-state index in [4.69, 9.17) is 10.5 Å². The van der Waals surface area contributed by atoms with Gasteiger partial charge in [-0.1, -0.05) is 18.2 Å². The summed E-state index contributed by atoms with van der Waals surface area (Å²) < 4.78 is 32.8. The van der Waals surface area contributed by atoms with Crippen LogP contribution in [0.5, 0.6) is 5.75 Å². The van der Waals surface area contributed by atoms with Crippen molar-refractivity contribution in [1.82, 2.24) is 4.90 Å². The van der Waals surface area contributed by atoms with Crippen LogP contribution < -0.4 is 15.8 Å². The van der Waals surface area contributed by atoms with Gasteiger partial charge in [-0.05, 0) is 73.7 Å². The first-order valence-corrected chi connectivity index (χ1v) is 11.9. The van der Waals surface area contributed by atoms with E-state index in [-0.39, 0.29) is 30.1 Å². The third-order valence-electron chi connectivity index (χ3n) is 6.45. The third-order valence-corrected chi connectivity index (χ3v) is 6.45. The molecular formula is C28H29F2N3O3. The van der Waals surface area contributed by atoms with E-state index in [0.29, 0.717) is 17.0 Å². The van der Waals surface area contributed by atoms with Gasteiger partial charge in [0.2, 0.25) is 0 Å². The molecule has 3 aromatic carbocycles. The predicted molar refractivity (Wildman–Crippen MR) is 134 cm³/mol. The van der Waals surface area contributed by atoms with Crippen molar-refractivity contribution < 1.29 is 23.1 Å². The number of amides is 2. The molecule has 0 aliphatic heterocycles. The fourth-order valence-corrected chi connectivity index (χ4v) is 4.48. The van der Waals surface area contributed by atoms with Gasteiger partial charge in [-0.2, -0.15) is 0 Å². The quantitative estimate of drug-likeness (QED) is 0.478. The Bertz CT molecular complexity index is 1200. The molecule has 1 aliphatic carbocycles. The molecule has 36 heavy (non-hydrogen) atoms. The zero-order valence-corrected chi connectivity index (χ0v) is 20.0. The summed E-state index contributed by atoms with van der Waals surface area (Å²) in [5.41, 5.74) is 7.92. The minimum atomic E-state index is -0.792. The summed E-state index contributed by atoms with van der Waals surface area (Å²) in [4.78, 5) is 27.6. The molecule has 4 rings (SSSR count). The number of methoxy groups -OCH3 is 1. The largest absolute Gasteiger partial charge is 0.497 e. The first-order chi connectivity index (χ1) is 17.3. The smallest absolute Gasteiger partial charge is 0.255 e. The van der Waals surface area contributed by atoms with Crippen LogP contribution in [0.15, 0.2) is 66.7 Å². The Morgan fingerprint density at radius 1 is 0.944 bits per heavy atom. The number of hydrogen-bond acceptors (Lipinski definition) is 4. The summed E-state index contributed by atoms with van der Waals surface area (Å²) in [6, 6.07) is 16.9. The standard InChI is InChI=1S/C28H29F2N3O3/c1-36-26-4-2-3-19(15-26)27(34)32-24-9-5-18(6-10-24)17-33(25-11-7-23(31)8-12-25)28(35)20-13-21(29)16-22(30)14-20/h2-6,9-10,13-16,23,25H,7-8,11-12,17,31H2,1H3,(H,32,34). The number of nitrogens with two attached hydrogens (primary N) is 1. The lowest BCUT2D eigenvalue weighted by Crippen LogP contribution is -2.43. The maximum absolute atomic E-state index is 13.8. The highest BCUT2D eigenvalue weighted by molar-refractivity contribution is 6.04. The minimum Gasteiger partial charge on any atom is -0.497 e. The van der Waals surface area contributed by atoms with Gasteiger partial charge in [-0.25, -0.2) is 8.78 Å². The summed E-state index contributed by atoms with van der Waals surface area (Å²) >= 11 is 0. The van der Waals surface area contributed by atoms with E-state index in [9.17, 15) is 18.4 Å². The zero-order valence-electron chi connectivity index (χ0n) is 20.0. The number of carbonyl (C=O) groups is 2. The molecule has 0 spiro atoms. The lowest BCUT2D eigenvalue weighted by atomic mass is 9.90. The summed E-state index contributed by atoms with van der Waals surface area (Å²) in [5, 5.41) is 2.85. The van der Waals surface area contributed by atoms with Gasteiger partial charge in [0.1, 0.15) is 17.4 Å². The van der Waals surface area contributed by atoms with Gasteiger partial charge in [0.25, 0.3) is 11.8 Å². The molecule has 3 N–H and O–H groups in total. The highest BCUT2D eigenvalue weighted by atomic mass is 19.1. The number of nitrogens with one attached hydrogen (secondary N) is 1. The number of ether oxygens (including phenoxy) is 1. The Balaban J connectivity index is 1.50. The second-order valence-electron chi connectivity index (χ2n) is 9.04. The van der Waals surface area contributed by atoms with E-state index in [1.165, 1.54) is 7.11 Å². The summed E-state index contributed by atoms with van der Waals surface area (Å²) in [5.74, 6) is -1.70. The van der Waals surface area contributed by atoms with Gasteiger partial charge < -0.3 is 20.7 Å². The molecule has 1 fully saturated rings. The van der Waals surface area contributed by atoms with Crippen LogP contribution in [0.2, 0.25) is 0 Å². The number of benzene rings is 3. The van der Waals surface area contributed by atoms with Gasteiger partial charge in [-0.15, -0.1) is 0 Å². The fraction of sp³-hybridized carbons (Fsp3) is 0.286. The molecule has 0 atom stereocenters. The molecule has 6 nitrogen and oxygen atoms in total. The number of rotatable bonds is 7. The maximum atomic E-state index is 13.8. The summed E-state index contributed by atoms with van der Waals surface area (Å²) in [7, 11) is 1.54. The molecule has 188 valence electrons. The van der Waals surface area contributed by atoms with Crippen molar-refractivity contribution >= 4 is 17.5 Å². The third kappa shape index (κ3) is 6.26. The van der Waals surface area contributed by atoms with E-state index >= 15 is 0 Å². The van der Waals surface area contributed by atoms with Crippen LogP contribution in [0.3, 0.4) is 0 Å². The molecular weight excluding hydrogens is 464 g/mol. The SMILES string of the molecule is COc1cccc(C(=O)Nc2ccc(CN(C(=O)c3cc(F)cc(F)c3)C3CCC(N)CC3)cc2)c1. The summed E-state index contributed by atoms with van der Waals surface area (Å²) in [6.45, 7) is 0.265. The molecule has 0 radical (unpaired) electrons. The number of hydrogen-bond donors (Lipinski definition) is 2. The van der Waals surface area contributed by atoms with Crippen LogP contribution in [-0.2, 0) is 6.54 Å². The Labute approximate surface area is 209 Å². The predicted octanol–water partition coefficient (Wildman–Crippen LogP) is 5.14. The van der Waals surface area contributed by atoms with Crippen LogP contribution in [0.4, 0.5) is 14.5 Å². The van der Waals surface area contributed by atoms with E-state index in [0.717, 1.165) is 49.4 Å². The number of anilines is 1. The first-order valence-electron chi connectivity index (χ1n) is 11.9. The highest BCUT2D eigenvalue weighted by Gasteiger charge is 2.29. The molecule has 0 saturated heterocycles. The van der Waals surface area contributed by atoms with Crippen molar-refractivity contribution in [3.05, 3.63) is 95.1 Å². The van der Waals surface area contributed by atoms with Crippen LogP contribution in [-0.4, -0.2) is 35.9 Å². The second-order valence-corrected chi connectivity index (χ2v) is 9.04. The molecule has 0 bridgehead atoms. The molecule has 2 amide bonds. The molecule has 0 unspecified atom stereocenters. The molecule has 1 aliphatic rings. The Hall–Kier alpha value is -3.78. The minimum absolute atomic E-state index is 0.0236. The van der Waals surface area contributed by atoms with Gasteiger partial charge in [-0.3, -0.25) is 9.59 Å². The van der Waals surface area contributed by atoms with Crippen molar-refractivity contribution in [1.29, 1.82) is 0 Å². The molecule has 0 heterocycles. The monoisotopic (exact) mass is 493 g/mol. The van der Waals surface area contributed by atoms with Gasteiger partial charge in [0.05, 0.1) is 7.11 Å². The molecule has 0 aromatic heterocycles. The first kappa shape index (κ1) is 25.3. The van der Waals surface area contributed by atoms with Crippen LogP contribution >= 0.6 is 0 Å². The molecule has 3 aromatic rings. The average molecular weight is 494 g/mol. The summed E-state index contributed by atoms with van der Waals surface area (Å²) in [6.07, 6.45) is 3.00.